The van der Waals surface area contributed by atoms with E-state index in [4.69, 9.17) is 0 Å². The molecule has 2 heterocycles. The maximum Gasteiger partial charge on any atom is 0.0541 e. The summed E-state index contributed by atoms with van der Waals surface area (Å²) < 4.78 is 6.16. The molecule has 0 aliphatic heterocycles. The van der Waals surface area contributed by atoms with Gasteiger partial charge in [0, 0.05) is 41.1 Å². The predicted octanol–water partition coefficient (Wildman–Crippen LogP) is 11.2. The van der Waals surface area contributed by atoms with E-state index >= 15 is 0 Å². The molecule has 0 amide bonds. The van der Waals surface area contributed by atoms with Crippen LogP contribution < -0.4 is 0 Å². The van der Waals surface area contributed by atoms with Crippen molar-refractivity contribution in [1.29, 1.82) is 0 Å². The Hall–Kier alpha value is -4.18. The Morgan fingerprint density at radius 2 is 1.05 bits per heavy atom. The lowest BCUT2D eigenvalue weighted by molar-refractivity contribution is 1.18. The topological polar surface area (TPSA) is 4.93 Å². The first-order chi connectivity index (χ1) is 19.2. The van der Waals surface area contributed by atoms with Crippen LogP contribution in [0, 0.1) is 0 Å². The molecule has 0 bridgehead atoms. The summed E-state index contributed by atoms with van der Waals surface area (Å²) in [7, 11) is 0. The zero-order valence-electron chi connectivity index (χ0n) is 20.9. The van der Waals surface area contributed by atoms with Crippen molar-refractivity contribution < 1.29 is 0 Å². The molecule has 6 aromatic carbocycles. The number of benzene rings is 6. The minimum Gasteiger partial charge on any atom is -0.309 e. The van der Waals surface area contributed by atoms with Gasteiger partial charge in [-0.2, -0.15) is 0 Å². The van der Waals surface area contributed by atoms with Crippen LogP contribution in [0.1, 0.15) is 0 Å². The SMILES string of the molecule is Brc1cccc2sc3ccc(-c4ccc5c(c4)c4cc(-c6ccccc6)ccc4n5-c4ccccc4)cc3c12. The molecule has 0 aliphatic rings. The van der Waals surface area contributed by atoms with Crippen LogP contribution in [0.5, 0.6) is 0 Å². The van der Waals surface area contributed by atoms with Gasteiger partial charge in [-0.25, -0.2) is 0 Å². The second kappa shape index (κ2) is 8.94. The zero-order chi connectivity index (χ0) is 25.9. The lowest BCUT2D eigenvalue weighted by atomic mass is 9.99. The summed E-state index contributed by atoms with van der Waals surface area (Å²) in [6, 6.07) is 48.4. The molecule has 0 aliphatic carbocycles. The average Bonchev–Trinajstić information content (AvgIpc) is 3.53. The van der Waals surface area contributed by atoms with E-state index in [1.165, 1.54) is 69.9 Å². The van der Waals surface area contributed by atoms with Gasteiger partial charge in [0.1, 0.15) is 0 Å². The highest BCUT2D eigenvalue weighted by Crippen LogP contribution is 2.41. The molecule has 0 radical (unpaired) electrons. The van der Waals surface area contributed by atoms with Gasteiger partial charge in [-0.3, -0.25) is 0 Å². The minimum atomic E-state index is 1.15. The van der Waals surface area contributed by atoms with Gasteiger partial charge in [-0.05, 0) is 82.9 Å². The third-order valence-electron chi connectivity index (χ3n) is 7.66. The molecule has 0 fully saturated rings. The highest BCUT2D eigenvalue weighted by molar-refractivity contribution is 9.10. The van der Waals surface area contributed by atoms with Gasteiger partial charge in [0.25, 0.3) is 0 Å². The van der Waals surface area contributed by atoms with Gasteiger partial charge in [-0.15, -0.1) is 11.3 Å². The monoisotopic (exact) mass is 579 g/mol. The smallest absolute Gasteiger partial charge is 0.0541 e. The Bertz CT molecular complexity index is 2170. The maximum absolute atomic E-state index is 3.79. The highest BCUT2D eigenvalue weighted by Gasteiger charge is 2.15. The number of fused-ring (bicyclic) bond motifs is 6. The normalized spacial score (nSPS) is 11.7. The molecule has 0 spiro atoms. The molecule has 0 atom stereocenters. The van der Waals surface area contributed by atoms with Gasteiger partial charge in [-0.1, -0.05) is 88.7 Å². The molecule has 0 N–H and O–H groups in total. The fourth-order valence-corrected chi connectivity index (χ4v) is 7.65. The Labute approximate surface area is 238 Å². The third-order valence-corrected chi connectivity index (χ3v) is 9.46. The second-order valence-corrected chi connectivity index (χ2v) is 11.9. The van der Waals surface area contributed by atoms with Crippen LogP contribution in [0.15, 0.2) is 138 Å². The summed E-state index contributed by atoms with van der Waals surface area (Å²) in [6.07, 6.45) is 0. The van der Waals surface area contributed by atoms with Crippen LogP contribution in [0.4, 0.5) is 0 Å². The van der Waals surface area contributed by atoms with E-state index in [2.05, 4.69) is 154 Å². The number of rotatable bonds is 3. The largest absolute Gasteiger partial charge is 0.309 e. The molecule has 0 unspecified atom stereocenters. The van der Waals surface area contributed by atoms with Gasteiger partial charge in [0.05, 0.1) is 11.0 Å². The Kier molecular flexibility index (Phi) is 5.22. The van der Waals surface area contributed by atoms with E-state index in [1.807, 2.05) is 11.3 Å². The van der Waals surface area contributed by atoms with Crippen LogP contribution in [0.3, 0.4) is 0 Å². The number of halogens is 1. The summed E-state index contributed by atoms with van der Waals surface area (Å²) in [6.45, 7) is 0. The first-order valence-corrected chi connectivity index (χ1v) is 14.7. The Morgan fingerprint density at radius 3 is 1.74 bits per heavy atom. The van der Waals surface area contributed by atoms with Crippen LogP contribution in [-0.2, 0) is 0 Å². The van der Waals surface area contributed by atoms with Crippen LogP contribution in [0.25, 0.3) is 69.9 Å². The van der Waals surface area contributed by atoms with E-state index in [0.717, 1.165) is 4.47 Å². The quantitative estimate of drug-likeness (QED) is 0.196. The highest BCUT2D eigenvalue weighted by atomic mass is 79.9. The van der Waals surface area contributed by atoms with Crippen LogP contribution in [-0.4, -0.2) is 4.57 Å². The number of para-hydroxylation sites is 1. The third kappa shape index (κ3) is 3.65. The minimum absolute atomic E-state index is 1.15. The number of thiophene rings is 1. The van der Waals surface area contributed by atoms with Crippen molar-refractivity contribution in [3.63, 3.8) is 0 Å². The first kappa shape index (κ1) is 22.8. The molecule has 0 saturated heterocycles. The molecular formula is C36H22BrNS. The fraction of sp³-hybridized carbons (Fsp3) is 0. The van der Waals surface area contributed by atoms with E-state index in [0.29, 0.717) is 0 Å². The molecule has 0 saturated carbocycles. The average molecular weight is 581 g/mol. The van der Waals surface area contributed by atoms with Crippen molar-refractivity contribution in [1.82, 2.24) is 4.57 Å². The van der Waals surface area contributed by atoms with E-state index in [-0.39, 0.29) is 0 Å². The number of nitrogens with zero attached hydrogens (tertiary/aromatic N) is 1. The van der Waals surface area contributed by atoms with Gasteiger partial charge < -0.3 is 4.57 Å². The maximum atomic E-state index is 3.79. The molecule has 2 aromatic heterocycles. The molecule has 8 aromatic rings. The zero-order valence-corrected chi connectivity index (χ0v) is 23.3. The summed E-state index contributed by atoms with van der Waals surface area (Å²) in [5, 5.41) is 5.13. The number of hydrogen-bond donors (Lipinski definition) is 0. The van der Waals surface area contributed by atoms with E-state index in [9.17, 15) is 0 Å². The summed E-state index contributed by atoms with van der Waals surface area (Å²) >= 11 is 5.64. The second-order valence-electron chi connectivity index (χ2n) is 9.93. The first-order valence-electron chi connectivity index (χ1n) is 13.0. The van der Waals surface area contributed by atoms with Crippen LogP contribution in [0.2, 0.25) is 0 Å². The molecule has 8 rings (SSSR count). The van der Waals surface area contributed by atoms with E-state index < -0.39 is 0 Å². The summed E-state index contributed by atoms with van der Waals surface area (Å²) in [4.78, 5) is 0. The van der Waals surface area contributed by atoms with Gasteiger partial charge in [0.15, 0.2) is 0 Å². The molecule has 184 valence electrons. The Morgan fingerprint density at radius 1 is 0.462 bits per heavy atom. The van der Waals surface area contributed by atoms with Crippen LogP contribution >= 0.6 is 27.3 Å². The molecule has 39 heavy (non-hydrogen) atoms. The summed E-state index contributed by atoms with van der Waals surface area (Å²) in [5.74, 6) is 0. The standard InChI is InChI=1S/C36H22BrNS/c37-31-12-7-13-35-36(31)30-22-26(16-19-34(30)39-35)25-15-18-33-29(21-25)28-20-24(23-8-3-1-4-9-23)14-17-32(28)38(33)27-10-5-2-6-11-27/h1-22H. The van der Waals surface area contributed by atoms with Crippen molar-refractivity contribution in [3.8, 4) is 27.9 Å². The van der Waals surface area contributed by atoms with Gasteiger partial charge in [0.2, 0.25) is 0 Å². The molecule has 1 nitrogen and oxygen atoms in total. The Balaban J connectivity index is 1.39. The van der Waals surface area contributed by atoms with Crippen molar-refractivity contribution in [2.75, 3.05) is 0 Å². The van der Waals surface area contributed by atoms with E-state index in [1.54, 1.807) is 0 Å². The lowest BCUT2D eigenvalue weighted by Crippen LogP contribution is -1.93. The van der Waals surface area contributed by atoms with Crippen molar-refractivity contribution in [3.05, 3.63) is 138 Å². The lowest BCUT2D eigenvalue weighted by Gasteiger charge is -2.08. The van der Waals surface area contributed by atoms with Crippen molar-refractivity contribution in [2.24, 2.45) is 0 Å². The number of aromatic nitrogens is 1. The van der Waals surface area contributed by atoms with Crippen molar-refractivity contribution in [2.45, 2.75) is 0 Å². The molecular weight excluding hydrogens is 558 g/mol. The summed E-state index contributed by atoms with van der Waals surface area (Å²) in [5.41, 5.74) is 8.54. The van der Waals surface area contributed by atoms with Crippen molar-refractivity contribution >= 4 is 69.2 Å². The molecule has 3 heteroatoms. The predicted molar refractivity (Wildman–Crippen MR) is 172 cm³/mol. The fourth-order valence-electron chi connectivity index (χ4n) is 5.83. The number of hydrogen-bond acceptors (Lipinski definition) is 1. The van der Waals surface area contributed by atoms with Gasteiger partial charge >= 0.3 is 0 Å².